The molecule has 2 aliphatic rings. The first kappa shape index (κ1) is 21.5. The summed E-state index contributed by atoms with van der Waals surface area (Å²) >= 11 is 0. The molecule has 2 unspecified atom stereocenters. The number of epoxide rings is 1. The Kier molecular flexibility index (Phi) is 5.87. The van der Waals surface area contributed by atoms with E-state index in [1.807, 2.05) is 16.9 Å². The van der Waals surface area contributed by atoms with Gasteiger partial charge in [0.1, 0.15) is 0 Å². The smallest absolute Gasteiger partial charge is 0.162 e. The van der Waals surface area contributed by atoms with E-state index in [1.165, 1.54) is 11.1 Å². The summed E-state index contributed by atoms with van der Waals surface area (Å²) in [7, 11) is 0. The Morgan fingerprint density at radius 2 is 1.85 bits per heavy atom. The van der Waals surface area contributed by atoms with E-state index in [0.29, 0.717) is 12.0 Å². The molecule has 0 bridgehead atoms. The lowest BCUT2D eigenvalue weighted by atomic mass is 9.95. The lowest BCUT2D eigenvalue weighted by Crippen LogP contribution is -2.44. The van der Waals surface area contributed by atoms with Crippen LogP contribution in [0.5, 0.6) is 0 Å². The second-order valence-corrected chi connectivity index (χ2v) is 9.49. The summed E-state index contributed by atoms with van der Waals surface area (Å²) in [6.07, 6.45) is 7.40. The van der Waals surface area contributed by atoms with E-state index in [1.54, 1.807) is 0 Å². The summed E-state index contributed by atoms with van der Waals surface area (Å²) in [4.78, 5) is 7.33. The van der Waals surface area contributed by atoms with Crippen LogP contribution < -0.4 is 5.32 Å². The fourth-order valence-electron chi connectivity index (χ4n) is 4.86. The van der Waals surface area contributed by atoms with Crippen molar-refractivity contribution in [2.75, 3.05) is 39.3 Å². The zero-order valence-corrected chi connectivity index (χ0v) is 19.7. The fourth-order valence-corrected chi connectivity index (χ4v) is 4.86. The Bertz CT molecular complexity index is 1270. The number of fused-ring (bicyclic) bond motifs is 1. The molecule has 0 saturated carbocycles. The molecule has 4 heterocycles. The van der Waals surface area contributed by atoms with Gasteiger partial charge in [0.05, 0.1) is 18.9 Å². The maximum absolute atomic E-state index is 5.50. The Hall–Kier alpha value is -3.06. The summed E-state index contributed by atoms with van der Waals surface area (Å²) in [6.45, 7) is 8.71. The van der Waals surface area contributed by atoms with Gasteiger partial charge in [-0.05, 0) is 28.7 Å². The van der Waals surface area contributed by atoms with Crippen molar-refractivity contribution in [3.8, 4) is 22.3 Å². The number of hydrogen-bond acceptors (Lipinski definition) is 5. The van der Waals surface area contributed by atoms with Crippen molar-refractivity contribution in [3.05, 3.63) is 78.2 Å². The van der Waals surface area contributed by atoms with Gasteiger partial charge in [-0.2, -0.15) is 5.10 Å². The van der Waals surface area contributed by atoms with Gasteiger partial charge in [-0.3, -0.25) is 0 Å². The number of nitrogens with zero attached hydrogens (tertiary/aromatic N) is 4. The van der Waals surface area contributed by atoms with Crippen LogP contribution in [0.2, 0.25) is 0 Å². The van der Waals surface area contributed by atoms with Crippen molar-refractivity contribution < 1.29 is 4.74 Å². The lowest BCUT2D eigenvalue weighted by Gasteiger charge is -2.27. The molecule has 0 amide bonds. The standard InChI is InChI=1S/C28H31N5O/c1-20(27-19-34-27)23-3-2-4-24(15-23)26-17-31-33-18-25(16-30-28(26)33)22-7-5-21(6-8-22)9-12-32-13-10-29-11-14-32/h2-8,15-18,20,27,29H,9-14,19H2,1H3. The molecule has 174 valence electrons. The molecule has 2 saturated heterocycles. The first-order valence-electron chi connectivity index (χ1n) is 12.3. The Morgan fingerprint density at radius 3 is 2.65 bits per heavy atom. The summed E-state index contributed by atoms with van der Waals surface area (Å²) < 4.78 is 7.39. The maximum atomic E-state index is 5.50. The van der Waals surface area contributed by atoms with Gasteiger partial charge in [-0.25, -0.2) is 9.50 Å². The van der Waals surface area contributed by atoms with E-state index in [4.69, 9.17) is 9.72 Å². The van der Waals surface area contributed by atoms with Crippen LogP contribution >= 0.6 is 0 Å². The lowest BCUT2D eigenvalue weighted by molar-refractivity contribution is 0.244. The van der Waals surface area contributed by atoms with Crippen LogP contribution in [0.1, 0.15) is 24.0 Å². The highest BCUT2D eigenvalue weighted by atomic mass is 16.6. The van der Waals surface area contributed by atoms with Crippen molar-refractivity contribution in [1.82, 2.24) is 24.8 Å². The largest absolute Gasteiger partial charge is 0.372 e. The first-order chi connectivity index (χ1) is 16.7. The highest BCUT2D eigenvalue weighted by Gasteiger charge is 2.30. The van der Waals surface area contributed by atoms with Gasteiger partial charge in [0.2, 0.25) is 0 Å². The van der Waals surface area contributed by atoms with Crippen molar-refractivity contribution in [3.63, 3.8) is 0 Å². The van der Waals surface area contributed by atoms with Crippen LogP contribution in [-0.4, -0.2) is 64.9 Å². The summed E-state index contributed by atoms with van der Waals surface area (Å²) in [5, 5.41) is 8.04. The molecule has 6 nitrogen and oxygen atoms in total. The molecular weight excluding hydrogens is 422 g/mol. The fraction of sp³-hybridized carbons (Fsp3) is 0.357. The average Bonchev–Trinajstić information content (AvgIpc) is 3.67. The minimum atomic E-state index is 0.355. The molecule has 4 aromatic rings. The third-order valence-corrected chi connectivity index (χ3v) is 7.21. The van der Waals surface area contributed by atoms with E-state index in [2.05, 4.69) is 77.0 Å². The Morgan fingerprint density at radius 1 is 1.03 bits per heavy atom. The highest BCUT2D eigenvalue weighted by molar-refractivity contribution is 5.78. The molecule has 6 heteroatoms. The summed E-state index contributed by atoms with van der Waals surface area (Å²) in [5.74, 6) is 0.404. The van der Waals surface area contributed by atoms with E-state index in [9.17, 15) is 0 Å². The molecule has 2 atom stereocenters. The van der Waals surface area contributed by atoms with Gasteiger partial charge >= 0.3 is 0 Å². The summed E-state index contributed by atoms with van der Waals surface area (Å²) in [6, 6.07) is 17.6. The molecule has 2 fully saturated rings. The average molecular weight is 454 g/mol. The predicted octanol–water partition coefficient (Wildman–Crippen LogP) is 4.01. The third kappa shape index (κ3) is 4.49. The molecule has 34 heavy (non-hydrogen) atoms. The van der Waals surface area contributed by atoms with Crippen molar-refractivity contribution in [2.45, 2.75) is 25.4 Å². The molecular formula is C28H31N5O. The van der Waals surface area contributed by atoms with E-state index in [0.717, 1.165) is 73.7 Å². The van der Waals surface area contributed by atoms with Crippen LogP contribution in [0.4, 0.5) is 0 Å². The van der Waals surface area contributed by atoms with E-state index < -0.39 is 0 Å². The number of rotatable bonds is 7. The van der Waals surface area contributed by atoms with Gasteiger partial charge in [-0.1, -0.05) is 55.5 Å². The minimum absolute atomic E-state index is 0.355. The van der Waals surface area contributed by atoms with Crippen molar-refractivity contribution >= 4 is 5.65 Å². The molecule has 0 radical (unpaired) electrons. The SMILES string of the molecule is CC(c1cccc(-c2cnn3cc(-c4ccc(CCN5CCNCC5)cc4)cnc23)c1)C1CO1. The van der Waals surface area contributed by atoms with Crippen molar-refractivity contribution in [1.29, 1.82) is 0 Å². The molecule has 0 spiro atoms. The van der Waals surface area contributed by atoms with Gasteiger partial charge in [0, 0.05) is 62.2 Å². The molecule has 6 rings (SSSR count). The van der Waals surface area contributed by atoms with E-state index >= 15 is 0 Å². The first-order valence-corrected chi connectivity index (χ1v) is 12.3. The second kappa shape index (κ2) is 9.29. The number of hydrogen-bond donors (Lipinski definition) is 1. The van der Waals surface area contributed by atoms with Crippen LogP contribution in [0, 0.1) is 0 Å². The second-order valence-electron chi connectivity index (χ2n) is 9.49. The molecule has 0 aliphatic carbocycles. The van der Waals surface area contributed by atoms with Gasteiger partial charge < -0.3 is 15.0 Å². The van der Waals surface area contributed by atoms with Gasteiger partial charge in [0.15, 0.2) is 5.65 Å². The Balaban J connectivity index is 1.19. The zero-order valence-electron chi connectivity index (χ0n) is 19.7. The maximum Gasteiger partial charge on any atom is 0.162 e. The topological polar surface area (TPSA) is 58.0 Å². The molecule has 2 aliphatic heterocycles. The Labute approximate surface area is 200 Å². The van der Waals surface area contributed by atoms with Gasteiger partial charge in [-0.15, -0.1) is 0 Å². The molecule has 2 aromatic carbocycles. The number of nitrogens with one attached hydrogen (secondary N) is 1. The number of ether oxygens (including phenoxy) is 1. The molecule has 2 aromatic heterocycles. The van der Waals surface area contributed by atoms with Gasteiger partial charge in [0.25, 0.3) is 0 Å². The molecule has 1 N–H and O–H groups in total. The number of benzene rings is 2. The third-order valence-electron chi connectivity index (χ3n) is 7.21. The minimum Gasteiger partial charge on any atom is -0.372 e. The van der Waals surface area contributed by atoms with Crippen molar-refractivity contribution in [2.24, 2.45) is 0 Å². The van der Waals surface area contributed by atoms with Crippen LogP contribution in [0.3, 0.4) is 0 Å². The number of piperazine rings is 1. The van der Waals surface area contributed by atoms with E-state index in [-0.39, 0.29) is 0 Å². The van der Waals surface area contributed by atoms with Crippen LogP contribution in [-0.2, 0) is 11.2 Å². The quantitative estimate of drug-likeness (QED) is 0.429. The normalized spacial score (nSPS) is 19.4. The monoisotopic (exact) mass is 453 g/mol. The van der Waals surface area contributed by atoms with Crippen LogP contribution in [0.15, 0.2) is 67.1 Å². The zero-order chi connectivity index (χ0) is 22.9. The highest BCUT2D eigenvalue weighted by Crippen LogP contribution is 2.33. The predicted molar refractivity (Wildman–Crippen MR) is 135 cm³/mol. The van der Waals surface area contributed by atoms with Crippen LogP contribution in [0.25, 0.3) is 27.9 Å². The summed E-state index contributed by atoms with van der Waals surface area (Å²) in [5.41, 5.74) is 8.00. The number of aromatic nitrogens is 3.